The van der Waals surface area contributed by atoms with Crippen LogP contribution in [0.1, 0.15) is 11.4 Å². The molecule has 4 nitrogen and oxygen atoms in total. The minimum Gasteiger partial charge on any atom is -0.314 e. The number of benzene rings is 1. The lowest BCUT2D eigenvalue weighted by atomic mass is 10.2. The molecule has 1 aliphatic heterocycles. The first-order valence-electron chi connectivity index (χ1n) is 6.48. The van der Waals surface area contributed by atoms with Crippen LogP contribution in [0.2, 0.25) is 0 Å². The molecular formula is C14H18N4. The number of para-hydroxylation sites is 2. The van der Waals surface area contributed by atoms with Gasteiger partial charge in [-0.25, -0.2) is 9.97 Å². The fourth-order valence-corrected chi connectivity index (χ4v) is 2.36. The third-order valence-electron chi connectivity index (χ3n) is 3.43. The highest BCUT2D eigenvalue weighted by Gasteiger charge is 2.13. The number of rotatable bonds is 2. The summed E-state index contributed by atoms with van der Waals surface area (Å²) < 4.78 is 0. The molecule has 2 aromatic rings. The monoisotopic (exact) mass is 242 g/mol. The van der Waals surface area contributed by atoms with Crippen LogP contribution in [-0.2, 0) is 6.54 Å². The van der Waals surface area contributed by atoms with Gasteiger partial charge in [0.05, 0.1) is 22.4 Å². The average Bonchev–Trinajstić information content (AvgIpc) is 2.41. The second-order valence-corrected chi connectivity index (χ2v) is 4.77. The van der Waals surface area contributed by atoms with Gasteiger partial charge < -0.3 is 5.32 Å². The van der Waals surface area contributed by atoms with Gasteiger partial charge in [0.25, 0.3) is 0 Å². The van der Waals surface area contributed by atoms with Gasteiger partial charge in [0, 0.05) is 32.7 Å². The van der Waals surface area contributed by atoms with Gasteiger partial charge in [-0.05, 0) is 19.1 Å². The largest absolute Gasteiger partial charge is 0.314 e. The van der Waals surface area contributed by atoms with Crippen molar-refractivity contribution in [1.29, 1.82) is 0 Å². The molecular weight excluding hydrogens is 224 g/mol. The van der Waals surface area contributed by atoms with Crippen molar-refractivity contribution in [1.82, 2.24) is 20.2 Å². The summed E-state index contributed by atoms with van der Waals surface area (Å²) in [5.74, 6) is 0. The van der Waals surface area contributed by atoms with E-state index in [1.165, 1.54) is 0 Å². The Morgan fingerprint density at radius 2 is 1.78 bits per heavy atom. The SMILES string of the molecule is Cc1nc2ccccc2nc1CN1CCNCC1. The van der Waals surface area contributed by atoms with Gasteiger partial charge >= 0.3 is 0 Å². The number of aromatic nitrogens is 2. The summed E-state index contributed by atoms with van der Waals surface area (Å²) in [6, 6.07) is 8.07. The molecule has 94 valence electrons. The zero-order valence-electron chi connectivity index (χ0n) is 10.7. The van der Waals surface area contributed by atoms with Gasteiger partial charge in [-0.15, -0.1) is 0 Å². The lowest BCUT2D eigenvalue weighted by molar-refractivity contribution is 0.230. The van der Waals surface area contributed by atoms with E-state index in [2.05, 4.69) is 22.1 Å². The molecule has 0 aliphatic carbocycles. The molecule has 4 heteroatoms. The summed E-state index contributed by atoms with van der Waals surface area (Å²) in [4.78, 5) is 11.8. The van der Waals surface area contributed by atoms with Crippen molar-refractivity contribution in [3.63, 3.8) is 0 Å². The van der Waals surface area contributed by atoms with Crippen LogP contribution < -0.4 is 5.32 Å². The molecule has 1 aromatic carbocycles. The van der Waals surface area contributed by atoms with Gasteiger partial charge in [0.1, 0.15) is 0 Å². The Labute approximate surface area is 107 Å². The van der Waals surface area contributed by atoms with Crippen LogP contribution in [0.5, 0.6) is 0 Å². The van der Waals surface area contributed by atoms with Gasteiger partial charge in [0.15, 0.2) is 0 Å². The predicted molar refractivity (Wildman–Crippen MR) is 72.4 cm³/mol. The van der Waals surface area contributed by atoms with Crippen LogP contribution in [0.15, 0.2) is 24.3 Å². The molecule has 3 rings (SSSR count). The Kier molecular flexibility index (Phi) is 3.21. The van der Waals surface area contributed by atoms with Crippen molar-refractivity contribution in [3.05, 3.63) is 35.7 Å². The minimum atomic E-state index is 0.908. The number of nitrogens with zero attached hydrogens (tertiary/aromatic N) is 3. The standard InChI is InChI=1S/C14H18N4/c1-11-14(10-18-8-6-15-7-9-18)17-13-5-3-2-4-12(13)16-11/h2-5,15H,6-10H2,1H3. The van der Waals surface area contributed by atoms with Crippen molar-refractivity contribution < 1.29 is 0 Å². The summed E-state index contributed by atoms with van der Waals surface area (Å²) in [6.07, 6.45) is 0. The van der Waals surface area contributed by atoms with Crippen molar-refractivity contribution in [2.75, 3.05) is 26.2 Å². The lowest BCUT2D eigenvalue weighted by Gasteiger charge is -2.27. The number of fused-ring (bicyclic) bond motifs is 1. The lowest BCUT2D eigenvalue weighted by Crippen LogP contribution is -2.43. The van der Waals surface area contributed by atoms with E-state index in [1.54, 1.807) is 0 Å². The van der Waals surface area contributed by atoms with E-state index >= 15 is 0 Å². The maximum absolute atomic E-state index is 4.74. The van der Waals surface area contributed by atoms with E-state index < -0.39 is 0 Å². The minimum absolute atomic E-state index is 0.908. The third kappa shape index (κ3) is 2.35. The number of hydrogen-bond donors (Lipinski definition) is 1. The molecule has 0 amide bonds. The quantitative estimate of drug-likeness (QED) is 0.863. The first kappa shape index (κ1) is 11.6. The van der Waals surface area contributed by atoms with E-state index in [-0.39, 0.29) is 0 Å². The maximum atomic E-state index is 4.74. The number of piperazine rings is 1. The van der Waals surface area contributed by atoms with Crippen LogP contribution in [0.4, 0.5) is 0 Å². The van der Waals surface area contributed by atoms with Crippen LogP contribution in [0, 0.1) is 6.92 Å². The average molecular weight is 242 g/mol. The van der Waals surface area contributed by atoms with Gasteiger partial charge in [0.2, 0.25) is 0 Å². The normalized spacial score (nSPS) is 17.2. The molecule has 0 unspecified atom stereocenters. The number of aryl methyl sites for hydroxylation is 1. The molecule has 1 saturated heterocycles. The van der Waals surface area contributed by atoms with Crippen molar-refractivity contribution in [3.8, 4) is 0 Å². The third-order valence-corrected chi connectivity index (χ3v) is 3.43. The molecule has 0 bridgehead atoms. The Balaban J connectivity index is 1.88. The highest BCUT2D eigenvalue weighted by atomic mass is 15.2. The maximum Gasteiger partial charge on any atom is 0.0890 e. The van der Waals surface area contributed by atoms with Crippen molar-refractivity contribution >= 4 is 11.0 Å². The molecule has 18 heavy (non-hydrogen) atoms. The summed E-state index contributed by atoms with van der Waals surface area (Å²) in [5, 5.41) is 3.37. The number of hydrogen-bond acceptors (Lipinski definition) is 4. The van der Waals surface area contributed by atoms with E-state index in [4.69, 9.17) is 4.98 Å². The molecule has 0 spiro atoms. The smallest absolute Gasteiger partial charge is 0.0890 e. The molecule has 1 aliphatic rings. The second-order valence-electron chi connectivity index (χ2n) is 4.77. The number of nitrogens with one attached hydrogen (secondary N) is 1. The summed E-state index contributed by atoms with van der Waals surface area (Å²) in [5.41, 5.74) is 4.13. The van der Waals surface area contributed by atoms with Crippen LogP contribution >= 0.6 is 0 Å². The topological polar surface area (TPSA) is 41.1 Å². The summed E-state index contributed by atoms with van der Waals surface area (Å²) >= 11 is 0. The Hall–Kier alpha value is -1.52. The van der Waals surface area contributed by atoms with Crippen molar-refractivity contribution in [2.24, 2.45) is 0 Å². The molecule has 2 heterocycles. The van der Waals surface area contributed by atoms with Gasteiger partial charge in [-0.3, -0.25) is 4.90 Å². The highest BCUT2D eigenvalue weighted by molar-refractivity contribution is 5.74. The molecule has 1 N–H and O–H groups in total. The summed E-state index contributed by atoms with van der Waals surface area (Å²) in [7, 11) is 0. The molecule has 1 aromatic heterocycles. The van der Waals surface area contributed by atoms with E-state index in [1.807, 2.05) is 24.3 Å². The highest BCUT2D eigenvalue weighted by Crippen LogP contribution is 2.14. The van der Waals surface area contributed by atoms with Crippen LogP contribution in [-0.4, -0.2) is 41.0 Å². The summed E-state index contributed by atoms with van der Waals surface area (Å²) in [6.45, 7) is 7.28. The van der Waals surface area contributed by atoms with Gasteiger partial charge in [-0.2, -0.15) is 0 Å². The van der Waals surface area contributed by atoms with E-state index in [0.717, 1.165) is 55.1 Å². The molecule has 0 atom stereocenters. The van der Waals surface area contributed by atoms with E-state index in [9.17, 15) is 0 Å². The second kappa shape index (κ2) is 5.00. The van der Waals surface area contributed by atoms with Crippen LogP contribution in [0.3, 0.4) is 0 Å². The Bertz CT molecular complexity index is 546. The Morgan fingerprint density at radius 1 is 1.11 bits per heavy atom. The van der Waals surface area contributed by atoms with Crippen LogP contribution in [0.25, 0.3) is 11.0 Å². The molecule has 1 fully saturated rings. The predicted octanol–water partition coefficient (Wildman–Crippen LogP) is 1.34. The first-order chi connectivity index (χ1) is 8.83. The first-order valence-corrected chi connectivity index (χ1v) is 6.48. The van der Waals surface area contributed by atoms with Gasteiger partial charge in [-0.1, -0.05) is 12.1 Å². The molecule has 0 radical (unpaired) electrons. The Morgan fingerprint density at radius 3 is 2.50 bits per heavy atom. The van der Waals surface area contributed by atoms with E-state index in [0.29, 0.717) is 0 Å². The fourth-order valence-electron chi connectivity index (χ4n) is 2.36. The van der Waals surface area contributed by atoms with Crippen molar-refractivity contribution in [2.45, 2.75) is 13.5 Å². The fraction of sp³-hybridized carbons (Fsp3) is 0.429. The zero-order valence-corrected chi connectivity index (χ0v) is 10.7. The molecule has 0 saturated carbocycles. The zero-order chi connectivity index (χ0) is 12.4.